The first-order chi connectivity index (χ1) is 9.88. The predicted molar refractivity (Wildman–Crippen MR) is 85.9 cm³/mol. The number of anilines is 3. The van der Waals surface area contributed by atoms with Crippen molar-refractivity contribution in [2.24, 2.45) is 0 Å². The van der Waals surface area contributed by atoms with Crippen LogP contribution in [0.1, 0.15) is 0 Å². The third kappa shape index (κ3) is 4.64. The number of aromatic nitrogens is 1. The molecule has 21 heavy (non-hydrogen) atoms. The van der Waals surface area contributed by atoms with E-state index in [2.05, 4.69) is 21.8 Å². The highest BCUT2D eigenvalue weighted by Crippen LogP contribution is 2.31. The van der Waals surface area contributed by atoms with Crippen molar-refractivity contribution in [2.75, 3.05) is 57.3 Å². The van der Waals surface area contributed by atoms with Crippen molar-refractivity contribution >= 4 is 23.1 Å². The van der Waals surface area contributed by atoms with E-state index in [1.54, 1.807) is 6.07 Å². The molecule has 7 heteroatoms. The van der Waals surface area contributed by atoms with Crippen LogP contribution < -0.4 is 20.7 Å². The van der Waals surface area contributed by atoms with Crippen LogP contribution in [0.25, 0.3) is 0 Å². The number of likely N-dealkylation sites (N-methyl/N-ethyl adjacent to an activating group) is 2. The summed E-state index contributed by atoms with van der Waals surface area (Å²) < 4.78 is 5.14. The normalized spacial score (nSPS) is 10.3. The van der Waals surface area contributed by atoms with Crippen molar-refractivity contribution in [3.05, 3.63) is 18.7 Å². The molecular weight excluding hydrogens is 270 g/mol. The van der Waals surface area contributed by atoms with Gasteiger partial charge in [0.2, 0.25) is 11.8 Å². The summed E-state index contributed by atoms with van der Waals surface area (Å²) in [5, 5.41) is 2.71. The van der Waals surface area contributed by atoms with Gasteiger partial charge in [-0.25, -0.2) is 0 Å². The smallest absolute Gasteiger partial charge is 0.247 e. The lowest BCUT2D eigenvalue weighted by Gasteiger charge is -2.24. The Bertz CT molecular complexity index is 516. The minimum atomic E-state index is -0.316. The number of rotatable bonds is 7. The Morgan fingerprint density at radius 3 is 2.67 bits per heavy atom. The van der Waals surface area contributed by atoms with Crippen LogP contribution in [-0.4, -0.2) is 57.1 Å². The molecule has 0 radical (unpaired) electrons. The summed E-state index contributed by atoms with van der Waals surface area (Å²) in [6.45, 7) is 5.03. The van der Waals surface area contributed by atoms with E-state index in [9.17, 15) is 4.79 Å². The van der Waals surface area contributed by atoms with E-state index < -0.39 is 0 Å². The number of hydrogen-bond donors (Lipinski definition) is 2. The summed E-state index contributed by atoms with van der Waals surface area (Å²) in [4.78, 5) is 19.9. The van der Waals surface area contributed by atoms with E-state index >= 15 is 0 Å². The van der Waals surface area contributed by atoms with Gasteiger partial charge in [0.05, 0.1) is 18.5 Å². The van der Waals surface area contributed by atoms with Crippen LogP contribution in [0.2, 0.25) is 0 Å². The number of nitrogens with one attached hydrogen (secondary N) is 1. The van der Waals surface area contributed by atoms with Crippen molar-refractivity contribution in [3.8, 4) is 5.88 Å². The van der Waals surface area contributed by atoms with Gasteiger partial charge in [0.1, 0.15) is 0 Å². The number of carbonyl (C=O) groups is 1. The van der Waals surface area contributed by atoms with Gasteiger partial charge in [-0.15, -0.1) is 0 Å². The number of carbonyl (C=O) groups excluding carboxylic acids is 1. The molecule has 0 aliphatic rings. The third-order valence-corrected chi connectivity index (χ3v) is 2.88. The van der Waals surface area contributed by atoms with Gasteiger partial charge >= 0.3 is 0 Å². The van der Waals surface area contributed by atoms with Crippen LogP contribution in [0, 0.1) is 0 Å². The first-order valence-electron chi connectivity index (χ1n) is 6.52. The van der Waals surface area contributed by atoms with E-state index in [1.807, 2.05) is 26.0 Å². The average molecular weight is 293 g/mol. The van der Waals surface area contributed by atoms with Crippen LogP contribution in [-0.2, 0) is 4.79 Å². The maximum absolute atomic E-state index is 11.5. The van der Waals surface area contributed by atoms with Gasteiger partial charge in [-0.05, 0) is 26.2 Å². The number of nitrogens with two attached hydrogens (primary N) is 1. The summed E-state index contributed by atoms with van der Waals surface area (Å²) in [6, 6.07) is 1.63. The lowest BCUT2D eigenvalue weighted by Crippen LogP contribution is -2.30. The first-order valence-corrected chi connectivity index (χ1v) is 6.52. The fourth-order valence-electron chi connectivity index (χ4n) is 1.69. The second kappa shape index (κ2) is 7.49. The summed E-state index contributed by atoms with van der Waals surface area (Å²) in [5.41, 5.74) is 6.74. The Hall–Kier alpha value is -2.28. The summed E-state index contributed by atoms with van der Waals surface area (Å²) in [6.07, 6.45) is 1.20. The Morgan fingerprint density at radius 2 is 2.14 bits per heavy atom. The monoisotopic (exact) mass is 293 g/mol. The van der Waals surface area contributed by atoms with Crippen LogP contribution in [0.5, 0.6) is 5.88 Å². The number of nitrogens with zero attached hydrogens (tertiary/aromatic N) is 3. The van der Waals surface area contributed by atoms with Gasteiger partial charge in [-0.2, -0.15) is 4.98 Å². The van der Waals surface area contributed by atoms with Crippen LogP contribution in [0.3, 0.4) is 0 Å². The SMILES string of the molecule is C=CC(=O)Nc1cc(N)c(OC)nc1N(C)CCN(C)C. The zero-order valence-electron chi connectivity index (χ0n) is 13.0. The molecule has 3 N–H and O–H groups in total. The van der Waals surface area contributed by atoms with Gasteiger partial charge in [0, 0.05) is 20.1 Å². The number of nitrogen functional groups attached to an aromatic ring is 1. The molecular formula is C14H23N5O2. The van der Waals surface area contributed by atoms with Gasteiger partial charge in [-0.1, -0.05) is 6.58 Å². The van der Waals surface area contributed by atoms with Gasteiger partial charge in [0.25, 0.3) is 0 Å². The predicted octanol–water partition coefficient (Wildman–Crippen LogP) is 0.795. The average Bonchev–Trinajstić information content (AvgIpc) is 2.44. The highest BCUT2D eigenvalue weighted by Gasteiger charge is 2.15. The molecule has 0 aliphatic heterocycles. The Kier molecular flexibility index (Phi) is 5.98. The summed E-state index contributed by atoms with van der Waals surface area (Å²) in [7, 11) is 7.38. The summed E-state index contributed by atoms with van der Waals surface area (Å²) in [5.74, 6) is 0.611. The van der Waals surface area contributed by atoms with E-state index in [0.717, 1.165) is 13.1 Å². The Morgan fingerprint density at radius 1 is 1.48 bits per heavy atom. The van der Waals surface area contributed by atoms with Gasteiger partial charge in [0.15, 0.2) is 5.82 Å². The number of pyridine rings is 1. The lowest BCUT2D eigenvalue weighted by atomic mass is 10.3. The second-order valence-electron chi connectivity index (χ2n) is 4.88. The minimum absolute atomic E-state index is 0.316. The molecule has 1 aromatic heterocycles. The van der Waals surface area contributed by atoms with Crippen molar-refractivity contribution in [1.29, 1.82) is 0 Å². The van der Waals surface area contributed by atoms with Crippen molar-refractivity contribution < 1.29 is 9.53 Å². The minimum Gasteiger partial charge on any atom is -0.479 e. The molecule has 0 spiro atoms. The van der Waals surface area contributed by atoms with E-state index in [1.165, 1.54) is 13.2 Å². The quantitative estimate of drug-likeness (QED) is 0.723. The topological polar surface area (TPSA) is 83.7 Å². The van der Waals surface area contributed by atoms with Gasteiger partial charge < -0.3 is 25.6 Å². The highest BCUT2D eigenvalue weighted by atomic mass is 16.5. The molecule has 0 fully saturated rings. The maximum Gasteiger partial charge on any atom is 0.247 e. The second-order valence-corrected chi connectivity index (χ2v) is 4.88. The molecule has 0 aromatic carbocycles. The number of ether oxygens (including phenoxy) is 1. The molecule has 0 bridgehead atoms. The molecule has 0 aliphatic carbocycles. The number of hydrogen-bond acceptors (Lipinski definition) is 6. The molecule has 1 heterocycles. The number of amides is 1. The van der Waals surface area contributed by atoms with Crippen LogP contribution >= 0.6 is 0 Å². The largest absolute Gasteiger partial charge is 0.479 e. The first kappa shape index (κ1) is 16.8. The maximum atomic E-state index is 11.5. The van der Waals surface area contributed by atoms with Crippen molar-refractivity contribution in [3.63, 3.8) is 0 Å². The van der Waals surface area contributed by atoms with Crippen LogP contribution in [0.15, 0.2) is 18.7 Å². The molecule has 116 valence electrons. The molecule has 7 nitrogen and oxygen atoms in total. The Balaban J connectivity index is 3.11. The zero-order valence-corrected chi connectivity index (χ0v) is 13.0. The van der Waals surface area contributed by atoms with E-state index in [-0.39, 0.29) is 5.91 Å². The zero-order chi connectivity index (χ0) is 16.0. The van der Waals surface area contributed by atoms with E-state index in [4.69, 9.17) is 10.5 Å². The third-order valence-electron chi connectivity index (χ3n) is 2.88. The van der Waals surface area contributed by atoms with Crippen molar-refractivity contribution in [1.82, 2.24) is 9.88 Å². The van der Waals surface area contributed by atoms with Crippen LogP contribution in [0.4, 0.5) is 17.2 Å². The molecule has 0 atom stereocenters. The lowest BCUT2D eigenvalue weighted by molar-refractivity contribution is -0.111. The standard InChI is InChI=1S/C14H23N5O2/c1-6-12(20)16-11-9-10(15)14(21-5)17-13(11)19(4)8-7-18(2)3/h6,9H,1,7-8,15H2,2-5H3,(H,16,20). The molecule has 0 unspecified atom stereocenters. The fraction of sp³-hybridized carbons (Fsp3) is 0.429. The molecule has 1 aromatic rings. The molecule has 0 saturated heterocycles. The van der Waals surface area contributed by atoms with Gasteiger partial charge in [-0.3, -0.25) is 4.79 Å². The Labute approximate surface area is 125 Å². The number of methoxy groups -OCH3 is 1. The molecule has 1 rings (SSSR count). The molecule has 0 saturated carbocycles. The summed E-state index contributed by atoms with van der Waals surface area (Å²) >= 11 is 0. The fourth-order valence-corrected chi connectivity index (χ4v) is 1.69. The van der Waals surface area contributed by atoms with Crippen molar-refractivity contribution in [2.45, 2.75) is 0 Å². The highest BCUT2D eigenvalue weighted by molar-refractivity contribution is 6.01. The van der Waals surface area contributed by atoms with E-state index in [0.29, 0.717) is 23.1 Å². The molecule has 1 amide bonds.